The fourth-order valence-corrected chi connectivity index (χ4v) is 4.47. The molecule has 0 bridgehead atoms. The highest BCUT2D eigenvalue weighted by Crippen LogP contribution is 2.31. The summed E-state index contributed by atoms with van der Waals surface area (Å²) in [6.07, 6.45) is 3.19. The molecule has 0 atom stereocenters. The Balaban J connectivity index is 1.49. The van der Waals surface area contributed by atoms with Crippen LogP contribution in [-0.4, -0.2) is 15.9 Å². The molecule has 24 heavy (non-hydrogen) atoms. The van der Waals surface area contributed by atoms with Crippen LogP contribution < -0.4 is 5.32 Å². The molecule has 120 valence electrons. The number of nitrogens with one attached hydrogen (secondary N) is 1. The van der Waals surface area contributed by atoms with Crippen LogP contribution >= 0.6 is 34.0 Å². The van der Waals surface area contributed by atoms with E-state index >= 15 is 0 Å². The van der Waals surface area contributed by atoms with E-state index < -0.39 is 0 Å². The summed E-state index contributed by atoms with van der Waals surface area (Å²) in [5, 5.41) is 7.80. The van der Waals surface area contributed by atoms with Crippen molar-refractivity contribution in [2.45, 2.75) is 6.92 Å². The van der Waals surface area contributed by atoms with Gasteiger partial charge in [-0.3, -0.25) is 10.1 Å². The zero-order valence-electron chi connectivity index (χ0n) is 12.5. The van der Waals surface area contributed by atoms with Gasteiger partial charge in [0, 0.05) is 21.2 Å². The highest BCUT2D eigenvalue weighted by atomic mass is 32.1. The number of amides is 1. The van der Waals surface area contributed by atoms with Crippen molar-refractivity contribution in [3.63, 3.8) is 0 Å². The quantitative estimate of drug-likeness (QED) is 0.537. The van der Waals surface area contributed by atoms with E-state index in [0.29, 0.717) is 10.8 Å². The molecule has 0 aromatic carbocycles. The third-order valence-electron chi connectivity index (χ3n) is 3.22. The average molecular weight is 373 g/mol. The third kappa shape index (κ3) is 3.03. The first kappa shape index (κ1) is 15.3. The average Bonchev–Trinajstić information content (AvgIpc) is 3.34. The predicted molar refractivity (Wildman–Crippen MR) is 97.9 cm³/mol. The second-order valence-electron chi connectivity index (χ2n) is 4.95. The van der Waals surface area contributed by atoms with Crippen LogP contribution in [0.25, 0.3) is 21.1 Å². The van der Waals surface area contributed by atoms with E-state index in [0.717, 1.165) is 21.1 Å². The topological polar surface area (TPSA) is 68.0 Å². The van der Waals surface area contributed by atoms with Gasteiger partial charge in [0.05, 0.1) is 16.8 Å². The molecule has 4 aromatic heterocycles. The van der Waals surface area contributed by atoms with Crippen molar-refractivity contribution >= 4 is 45.0 Å². The largest absolute Gasteiger partial charge is 0.472 e. The Bertz CT molecular complexity index is 982. The predicted octanol–water partition coefficient (Wildman–Crippen LogP) is 5.15. The van der Waals surface area contributed by atoms with Crippen molar-refractivity contribution < 1.29 is 9.21 Å². The molecular formula is C16H11N3O2S3. The van der Waals surface area contributed by atoms with Gasteiger partial charge in [-0.05, 0) is 25.1 Å². The number of carbonyl (C=O) groups is 1. The number of anilines is 1. The summed E-state index contributed by atoms with van der Waals surface area (Å²) in [5.74, 6) is -0.260. The van der Waals surface area contributed by atoms with E-state index in [1.807, 2.05) is 17.5 Å². The van der Waals surface area contributed by atoms with Crippen LogP contribution in [0.15, 0.2) is 45.9 Å². The van der Waals surface area contributed by atoms with Gasteiger partial charge in [0.1, 0.15) is 17.0 Å². The monoisotopic (exact) mass is 373 g/mol. The number of aromatic nitrogens is 2. The minimum atomic E-state index is -0.260. The van der Waals surface area contributed by atoms with Gasteiger partial charge in [0.2, 0.25) is 0 Å². The Morgan fingerprint density at radius 1 is 1.17 bits per heavy atom. The minimum Gasteiger partial charge on any atom is -0.472 e. The smallest absolute Gasteiger partial charge is 0.276 e. The third-order valence-corrected chi connectivity index (χ3v) is 5.89. The molecule has 0 aliphatic rings. The molecule has 0 aliphatic heterocycles. The fraction of sp³-hybridized carbons (Fsp3) is 0.0625. The maximum Gasteiger partial charge on any atom is 0.276 e. The van der Waals surface area contributed by atoms with Crippen molar-refractivity contribution in [3.05, 3.63) is 52.1 Å². The van der Waals surface area contributed by atoms with E-state index in [9.17, 15) is 4.79 Å². The van der Waals surface area contributed by atoms with E-state index in [1.54, 1.807) is 29.2 Å². The molecule has 1 N–H and O–H groups in total. The molecule has 0 saturated heterocycles. The summed E-state index contributed by atoms with van der Waals surface area (Å²) in [6.45, 7) is 2.06. The number of carbonyl (C=O) groups excluding carboxylic acids is 1. The Hall–Kier alpha value is -2.29. The second-order valence-corrected chi connectivity index (χ2v) is 7.96. The molecule has 4 aromatic rings. The van der Waals surface area contributed by atoms with Crippen molar-refractivity contribution in [1.29, 1.82) is 0 Å². The number of thiazole rings is 2. The van der Waals surface area contributed by atoms with E-state index in [2.05, 4.69) is 28.3 Å². The summed E-state index contributed by atoms with van der Waals surface area (Å²) in [6, 6.07) is 5.92. The molecule has 4 rings (SSSR count). The number of furan rings is 1. The van der Waals surface area contributed by atoms with Crippen LogP contribution in [0.1, 0.15) is 15.4 Å². The van der Waals surface area contributed by atoms with Crippen molar-refractivity contribution in [1.82, 2.24) is 9.97 Å². The zero-order valence-corrected chi connectivity index (χ0v) is 14.9. The van der Waals surface area contributed by atoms with Crippen LogP contribution in [0.2, 0.25) is 0 Å². The Morgan fingerprint density at radius 2 is 2.08 bits per heavy atom. The van der Waals surface area contributed by atoms with Gasteiger partial charge >= 0.3 is 0 Å². The van der Waals surface area contributed by atoms with Gasteiger partial charge in [0.15, 0.2) is 5.13 Å². The molecule has 0 radical (unpaired) electrons. The molecule has 4 heterocycles. The molecule has 0 saturated carbocycles. The highest BCUT2D eigenvalue weighted by Gasteiger charge is 2.15. The number of hydrogen-bond donors (Lipinski definition) is 1. The van der Waals surface area contributed by atoms with Crippen molar-refractivity contribution in [2.75, 3.05) is 5.32 Å². The molecule has 1 amide bonds. The first-order valence-electron chi connectivity index (χ1n) is 7.01. The zero-order chi connectivity index (χ0) is 16.5. The van der Waals surface area contributed by atoms with E-state index in [4.69, 9.17) is 4.42 Å². The Kier molecular flexibility index (Phi) is 4.01. The lowest BCUT2D eigenvalue weighted by molar-refractivity contribution is 0.102. The molecule has 8 heteroatoms. The lowest BCUT2D eigenvalue weighted by Crippen LogP contribution is -2.12. The molecule has 0 fully saturated rings. The summed E-state index contributed by atoms with van der Waals surface area (Å²) >= 11 is 4.49. The van der Waals surface area contributed by atoms with Gasteiger partial charge in [-0.25, -0.2) is 9.97 Å². The number of hydrogen-bond acceptors (Lipinski definition) is 7. The summed E-state index contributed by atoms with van der Waals surface area (Å²) in [4.78, 5) is 23.5. The van der Waals surface area contributed by atoms with Gasteiger partial charge < -0.3 is 4.42 Å². The number of rotatable bonds is 4. The number of thiophene rings is 1. The maximum atomic E-state index is 12.3. The Morgan fingerprint density at radius 3 is 2.83 bits per heavy atom. The van der Waals surface area contributed by atoms with E-state index in [1.165, 1.54) is 27.6 Å². The van der Waals surface area contributed by atoms with Crippen LogP contribution in [0.4, 0.5) is 5.13 Å². The summed E-state index contributed by atoms with van der Waals surface area (Å²) in [7, 11) is 0. The molecular weight excluding hydrogens is 362 g/mol. The van der Waals surface area contributed by atoms with Crippen molar-refractivity contribution in [3.8, 4) is 21.1 Å². The summed E-state index contributed by atoms with van der Waals surface area (Å²) < 4.78 is 5.04. The molecule has 0 aliphatic carbocycles. The summed E-state index contributed by atoms with van der Waals surface area (Å²) in [5.41, 5.74) is 2.12. The SMILES string of the molecule is Cc1ccc(-c2csc(NC(=O)c3csc(-c4ccoc4)n3)n2)s1. The molecule has 5 nitrogen and oxygen atoms in total. The van der Waals surface area contributed by atoms with Crippen LogP contribution in [0, 0.1) is 6.92 Å². The number of aryl methyl sites for hydroxylation is 1. The van der Waals surface area contributed by atoms with Gasteiger partial charge in [0.25, 0.3) is 5.91 Å². The van der Waals surface area contributed by atoms with Crippen LogP contribution in [0.5, 0.6) is 0 Å². The molecule has 0 spiro atoms. The van der Waals surface area contributed by atoms with Gasteiger partial charge in [-0.1, -0.05) is 0 Å². The Labute approximate surface area is 149 Å². The number of nitrogens with zero attached hydrogens (tertiary/aromatic N) is 2. The minimum absolute atomic E-state index is 0.260. The maximum absolute atomic E-state index is 12.3. The first-order valence-corrected chi connectivity index (χ1v) is 9.58. The lowest BCUT2D eigenvalue weighted by atomic mass is 10.3. The lowest BCUT2D eigenvalue weighted by Gasteiger charge is -1.97. The standard InChI is InChI=1S/C16H11N3O2S3/c1-9-2-3-13(24-9)11-7-23-16(18-11)19-14(20)12-8-22-15(17-12)10-4-5-21-6-10/h2-8H,1H3,(H,18,19,20). The van der Waals surface area contributed by atoms with Gasteiger partial charge in [-0.15, -0.1) is 34.0 Å². The van der Waals surface area contributed by atoms with Crippen molar-refractivity contribution in [2.24, 2.45) is 0 Å². The highest BCUT2D eigenvalue weighted by molar-refractivity contribution is 7.17. The second kappa shape index (κ2) is 6.31. The fourth-order valence-electron chi connectivity index (χ4n) is 2.07. The first-order chi connectivity index (χ1) is 11.7. The van der Waals surface area contributed by atoms with Gasteiger partial charge in [-0.2, -0.15) is 0 Å². The van der Waals surface area contributed by atoms with Crippen LogP contribution in [-0.2, 0) is 0 Å². The normalized spacial score (nSPS) is 10.9. The van der Waals surface area contributed by atoms with Crippen LogP contribution in [0.3, 0.4) is 0 Å². The van der Waals surface area contributed by atoms with E-state index in [-0.39, 0.29) is 5.91 Å². The molecule has 0 unspecified atom stereocenters.